The Labute approximate surface area is 123 Å². The normalized spacial score (nSPS) is 11.4. The summed E-state index contributed by atoms with van der Waals surface area (Å²) in [5, 5.41) is 5.66. The van der Waals surface area contributed by atoms with Crippen LogP contribution in [0.15, 0.2) is 0 Å². The smallest absolute Gasteiger partial charge is 0.234 e. The van der Waals surface area contributed by atoms with Gasteiger partial charge < -0.3 is 20.3 Å². The molecule has 0 fully saturated rings. The third-order valence-electron chi connectivity index (χ3n) is 2.16. The molecule has 0 radical (unpaired) electrons. The summed E-state index contributed by atoms with van der Waals surface area (Å²) in [6.45, 7) is 4.55. The van der Waals surface area contributed by atoms with Crippen LogP contribution in [0.3, 0.4) is 0 Å². The number of ether oxygens (including phenoxy) is 1. The van der Waals surface area contributed by atoms with Gasteiger partial charge in [0.1, 0.15) is 0 Å². The number of hydrogen-bond acceptors (Lipinski definition) is 4. The molecule has 7 heteroatoms. The van der Waals surface area contributed by atoms with Crippen LogP contribution >= 0.6 is 24.8 Å². The van der Waals surface area contributed by atoms with Crippen molar-refractivity contribution in [2.75, 3.05) is 47.4 Å². The van der Waals surface area contributed by atoms with Crippen molar-refractivity contribution >= 4 is 30.7 Å². The van der Waals surface area contributed by atoms with Crippen molar-refractivity contribution in [3.05, 3.63) is 0 Å². The fourth-order valence-corrected chi connectivity index (χ4v) is 1.33. The average molecular weight is 304 g/mol. The third-order valence-corrected chi connectivity index (χ3v) is 2.16. The summed E-state index contributed by atoms with van der Waals surface area (Å²) in [4.78, 5) is 13.4. The topological polar surface area (TPSA) is 53.6 Å². The highest BCUT2D eigenvalue weighted by molar-refractivity contribution is 5.85. The predicted octanol–water partition coefficient (Wildman–Crippen LogP) is 0.522. The molecule has 112 valence electrons. The molecule has 0 saturated heterocycles. The Kier molecular flexibility index (Phi) is 19.2. The molecular weight excluding hydrogens is 277 g/mol. The first-order valence-corrected chi connectivity index (χ1v) is 5.77. The number of nitrogens with zero attached hydrogens (tertiary/aromatic N) is 1. The zero-order valence-electron chi connectivity index (χ0n) is 11.7. The summed E-state index contributed by atoms with van der Waals surface area (Å²) < 4.78 is 5.56. The maximum atomic E-state index is 11.3. The van der Waals surface area contributed by atoms with Crippen LogP contribution in [0.25, 0.3) is 0 Å². The van der Waals surface area contributed by atoms with Gasteiger partial charge in [-0.3, -0.25) is 4.79 Å². The maximum Gasteiger partial charge on any atom is 0.234 e. The second-order valence-electron chi connectivity index (χ2n) is 4.00. The lowest BCUT2D eigenvalue weighted by molar-refractivity contribution is -0.120. The molecule has 0 bridgehead atoms. The second-order valence-corrected chi connectivity index (χ2v) is 4.00. The summed E-state index contributed by atoms with van der Waals surface area (Å²) in [5.74, 6) is 0.0112. The minimum atomic E-state index is 0. The zero-order valence-corrected chi connectivity index (χ0v) is 13.3. The number of hydrogen-bond donors (Lipinski definition) is 2. The van der Waals surface area contributed by atoms with Crippen LogP contribution in [-0.4, -0.2) is 64.3 Å². The van der Waals surface area contributed by atoms with Crippen LogP contribution in [0.1, 0.15) is 13.3 Å². The molecule has 0 spiro atoms. The summed E-state index contributed by atoms with van der Waals surface area (Å²) in [5.41, 5.74) is 0. The van der Waals surface area contributed by atoms with E-state index in [1.54, 1.807) is 7.05 Å². The molecule has 0 heterocycles. The lowest BCUT2D eigenvalue weighted by atomic mass is 10.2. The molecule has 1 unspecified atom stereocenters. The van der Waals surface area contributed by atoms with E-state index in [0.29, 0.717) is 19.7 Å². The quantitative estimate of drug-likeness (QED) is 0.652. The number of carbonyl (C=O) groups is 1. The number of rotatable bonds is 9. The van der Waals surface area contributed by atoms with Crippen molar-refractivity contribution in [2.24, 2.45) is 0 Å². The van der Waals surface area contributed by atoms with E-state index in [1.165, 1.54) is 0 Å². The van der Waals surface area contributed by atoms with Crippen LogP contribution in [0.5, 0.6) is 0 Å². The van der Waals surface area contributed by atoms with Gasteiger partial charge in [-0.25, -0.2) is 0 Å². The molecule has 0 rings (SSSR count). The summed E-state index contributed by atoms with van der Waals surface area (Å²) in [7, 11) is 5.82. The van der Waals surface area contributed by atoms with Crippen LogP contribution in [0, 0.1) is 0 Å². The van der Waals surface area contributed by atoms with Gasteiger partial charge in [-0.1, -0.05) is 0 Å². The molecule has 0 aromatic rings. The lowest BCUT2D eigenvalue weighted by Gasteiger charge is -2.19. The fraction of sp³-hybridized carbons (Fsp3) is 0.909. The average Bonchev–Trinajstić information content (AvgIpc) is 2.22. The predicted molar refractivity (Wildman–Crippen MR) is 80.0 cm³/mol. The molecule has 0 saturated carbocycles. The molecule has 18 heavy (non-hydrogen) atoms. The van der Waals surface area contributed by atoms with Crippen molar-refractivity contribution in [1.82, 2.24) is 15.5 Å². The highest BCUT2D eigenvalue weighted by Crippen LogP contribution is 1.98. The third kappa shape index (κ3) is 14.0. The molecule has 1 atom stereocenters. The number of halogens is 2. The first-order chi connectivity index (χ1) is 7.60. The van der Waals surface area contributed by atoms with E-state index in [-0.39, 0.29) is 36.8 Å². The van der Waals surface area contributed by atoms with E-state index in [9.17, 15) is 4.79 Å². The maximum absolute atomic E-state index is 11.3. The first kappa shape index (κ1) is 23.1. The van der Waals surface area contributed by atoms with E-state index >= 15 is 0 Å². The minimum absolute atomic E-state index is 0. The molecule has 2 N–H and O–H groups in total. The molecule has 0 aliphatic carbocycles. The van der Waals surface area contributed by atoms with E-state index in [0.717, 1.165) is 13.0 Å². The van der Waals surface area contributed by atoms with Gasteiger partial charge >= 0.3 is 0 Å². The Morgan fingerprint density at radius 2 is 1.94 bits per heavy atom. The monoisotopic (exact) mass is 303 g/mol. The number of likely N-dealkylation sites (N-methyl/N-ethyl adjacent to an activating group) is 1. The molecule has 0 aromatic heterocycles. The van der Waals surface area contributed by atoms with Gasteiger partial charge in [0.2, 0.25) is 5.91 Å². The molecule has 1 amide bonds. The van der Waals surface area contributed by atoms with E-state index in [2.05, 4.69) is 15.5 Å². The molecular formula is C11H27Cl2N3O2. The molecule has 0 aliphatic heterocycles. The SMILES string of the molecule is CCOC(CCN(C)C)CNC(=O)CNC.Cl.Cl. The van der Waals surface area contributed by atoms with Crippen LogP contribution in [0.2, 0.25) is 0 Å². The number of carbonyl (C=O) groups excluding carboxylic acids is 1. The second kappa shape index (κ2) is 15.0. The Bertz CT molecular complexity index is 195. The van der Waals surface area contributed by atoms with Crippen molar-refractivity contribution in [2.45, 2.75) is 19.4 Å². The van der Waals surface area contributed by atoms with Gasteiger partial charge in [0.15, 0.2) is 0 Å². The Morgan fingerprint density at radius 3 is 2.39 bits per heavy atom. The number of amides is 1. The lowest BCUT2D eigenvalue weighted by Crippen LogP contribution is -2.39. The summed E-state index contributed by atoms with van der Waals surface area (Å²) >= 11 is 0. The molecule has 0 aromatic carbocycles. The zero-order chi connectivity index (χ0) is 12.4. The van der Waals surface area contributed by atoms with Gasteiger partial charge in [-0.15, -0.1) is 24.8 Å². The van der Waals surface area contributed by atoms with Crippen LogP contribution in [-0.2, 0) is 9.53 Å². The Balaban J connectivity index is -0.00000112. The number of nitrogens with one attached hydrogen (secondary N) is 2. The minimum Gasteiger partial charge on any atom is -0.377 e. The van der Waals surface area contributed by atoms with Crippen LogP contribution < -0.4 is 10.6 Å². The van der Waals surface area contributed by atoms with Gasteiger partial charge in [-0.2, -0.15) is 0 Å². The molecule has 0 aliphatic rings. The van der Waals surface area contributed by atoms with Crippen molar-refractivity contribution in [3.63, 3.8) is 0 Å². The van der Waals surface area contributed by atoms with Crippen molar-refractivity contribution < 1.29 is 9.53 Å². The van der Waals surface area contributed by atoms with Gasteiger partial charge in [0.05, 0.1) is 12.6 Å². The van der Waals surface area contributed by atoms with E-state index in [4.69, 9.17) is 4.74 Å². The summed E-state index contributed by atoms with van der Waals surface area (Å²) in [6, 6.07) is 0. The van der Waals surface area contributed by atoms with Crippen LogP contribution in [0.4, 0.5) is 0 Å². The van der Waals surface area contributed by atoms with Crippen molar-refractivity contribution in [1.29, 1.82) is 0 Å². The van der Waals surface area contributed by atoms with E-state index in [1.807, 2.05) is 21.0 Å². The molecule has 5 nitrogen and oxygen atoms in total. The van der Waals surface area contributed by atoms with Gasteiger partial charge in [0, 0.05) is 19.7 Å². The van der Waals surface area contributed by atoms with Gasteiger partial charge in [0.25, 0.3) is 0 Å². The standard InChI is InChI=1S/C11H25N3O2.2ClH/c1-5-16-10(6-7-14(3)4)8-13-11(15)9-12-2;;/h10,12H,5-9H2,1-4H3,(H,13,15);2*1H. The highest BCUT2D eigenvalue weighted by Gasteiger charge is 2.10. The first-order valence-electron chi connectivity index (χ1n) is 5.77. The van der Waals surface area contributed by atoms with Gasteiger partial charge in [-0.05, 0) is 34.5 Å². The largest absolute Gasteiger partial charge is 0.377 e. The Hall–Kier alpha value is -0.0700. The van der Waals surface area contributed by atoms with Crippen molar-refractivity contribution in [3.8, 4) is 0 Å². The summed E-state index contributed by atoms with van der Waals surface area (Å²) in [6.07, 6.45) is 1.04. The Morgan fingerprint density at radius 1 is 1.33 bits per heavy atom. The fourth-order valence-electron chi connectivity index (χ4n) is 1.33. The highest BCUT2D eigenvalue weighted by atomic mass is 35.5. The van der Waals surface area contributed by atoms with E-state index < -0.39 is 0 Å².